The molecule has 0 heterocycles. The average molecular weight is 508 g/mol. The summed E-state index contributed by atoms with van der Waals surface area (Å²) in [7, 11) is 1.56. The summed E-state index contributed by atoms with van der Waals surface area (Å²) in [6.07, 6.45) is 7.53. The molecule has 0 saturated carbocycles. The van der Waals surface area contributed by atoms with E-state index in [0.717, 1.165) is 12.8 Å². The predicted molar refractivity (Wildman–Crippen MR) is 144 cm³/mol. The highest BCUT2D eigenvalue weighted by Crippen LogP contribution is 2.27. The monoisotopic (exact) mass is 507 g/mol. The van der Waals surface area contributed by atoms with Crippen LogP contribution < -0.4 is 15.4 Å². The van der Waals surface area contributed by atoms with E-state index >= 15 is 0 Å². The topological polar surface area (TPSA) is 97.0 Å². The Kier molecular flexibility index (Phi) is 11.0. The molecule has 3 amide bonds. The highest BCUT2D eigenvalue weighted by Gasteiger charge is 2.33. The second-order valence-electron chi connectivity index (χ2n) is 9.50. The fraction of sp³-hybridized carbons (Fsp3) is 0.414. The van der Waals surface area contributed by atoms with Gasteiger partial charge in [-0.2, -0.15) is 0 Å². The van der Waals surface area contributed by atoms with E-state index in [1.165, 1.54) is 4.90 Å². The number of nitrogens with one attached hydrogen (secondary N) is 2. The minimum Gasteiger partial charge on any atom is -0.497 e. The van der Waals surface area contributed by atoms with Crippen molar-refractivity contribution in [3.63, 3.8) is 0 Å². The van der Waals surface area contributed by atoms with Crippen LogP contribution in [0, 0.1) is 12.3 Å². The molecule has 0 aromatic heterocycles. The summed E-state index contributed by atoms with van der Waals surface area (Å²) in [4.78, 5) is 40.9. The van der Waals surface area contributed by atoms with Crippen LogP contribution in [-0.4, -0.2) is 48.6 Å². The number of nitrogens with zero attached hydrogens (tertiary/aromatic N) is 1. The maximum atomic E-state index is 13.7. The second kappa shape index (κ2) is 13.9. The van der Waals surface area contributed by atoms with Gasteiger partial charge in [-0.3, -0.25) is 9.59 Å². The zero-order chi connectivity index (χ0) is 27.4. The van der Waals surface area contributed by atoms with Gasteiger partial charge in [-0.05, 0) is 63.1 Å². The summed E-state index contributed by atoms with van der Waals surface area (Å²) >= 11 is 0. The number of benzene rings is 2. The summed E-state index contributed by atoms with van der Waals surface area (Å²) in [5, 5.41) is 5.40. The Bertz CT molecular complexity index is 1100. The molecule has 2 aromatic carbocycles. The van der Waals surface area contributed by atoms with Crippen LogP contribution in [0.25, 0.3) is 0 Å². The molecule has 0 aliphatic carbocycles. The molecule has 0 bridgehead atoms. The van der Waals surface area contributed by atoms with E-state index in [4.69, 9.17) is 15.9 Å². The molecule has 0 aliphatic heterocycles. The summed E-state index contributed by atoms with van der Waals surface area (Å²) in [5.41, 5.74) is 0.867. The van der Waals surface area contributed by atoms with E-state index in [0.29, 0.717) is 35.5 Å². The van der Waals surface area contributed by atoms with Crippen LogP contribution in [0.5, 0.6) is 5.75 Å². The number of hydrogen-bond acceptors (Lipinski definition) is 5. The third kappa shape index (κ3) is 9.19. The zero-order valence-electron chi connectivity index (χ0n) is 22.3. The maximum Gasteiger partial charge on any atom is 0.408 e. The molecule has 0 spiro atoms. The van der Waals surface area contributed by atoms with Crippen molar-refractivity contribution < 1.29 is 23.9 Å². The van der Waals surface area contributed by atoms with Crippen LogP contribution in [0.2, 0.25) is 0 Å². The number of hydrogen-bond donors (Lipinski definition) is 2. The molecule has 1 atom stereocenters. The zero-order valence-corrected chi connectivity index (χ0v) is 22.3. The van der Waals surface area contributed by atoms with Gasteiger partial charge in [-0.1, -0.05) is 43.9 Å². The SMILES string of the molecule is C#Cc1ccccc1C(C(=O)Nc1ccc(OC)cc1)N(CCCCC)C(=O)CNC(=O)OC(C)(C)C. The Morgan fingerprint density at radius 2 is 1.73 bits per heavy atom. The first kappa shape index (κ1) is 29.2. The number of terminal acetylenes is 1. The average Bonchev–Trinajstić information content (AvgIpc) is 2.86. The summed E-state index contributed by atoms with van der Waals surface area (Å²) in [5.74, 6) is 2.42. The van der Waals surface area contributed by atoms with Crippen molar-refractivity contribution >= 4 is 23.6 Å². The molecule has 2 aromatic rings. The Morgan fingerprint density at radius 3 is 2.32 bits per heavy atom. The molecule has 0 fully saturated rings. The van der Waals surface area contributed by atoms with Crippen molar-refractivity contribution in [1.82, 2.24) is 10.2 Å². The van der Waals surface area contributed by atoms with E-state index < -0.39 is 29.6 Å². The summed E-state index contributed by atoms with van der Waals surface area (Å²) in [6, 6.07) is 12.9. The Labute approximate surface area is 219 Å². The highest BCUT2D eigenvalue weighted by molar-refractivity contribution is 5.98. The van der Waals surface area contributed by atoms with Crippen molar-refractivity contribution in [3.05, 3.63) is 59.7 Å². The molecule has 8 nitrogen and oxygen atoms in total. The molecule has 0 radical (unpaired) electrons. The molecular formula is C29H37N3O5. The standard InChI is InChI=1S/C29H37N3O5/c1-7-9-12-19-32(25(33)20-30-28(35)37-29(3,4)5)26(24-14-11-10-13-21(24)8-2)27(34)31-22-15-17-23(36-6)18-16-22/h2,10-11,13-18,26H,7,9,12,19-20H2,1,3-6H3,(H,30,35)(H,31,34). The van der Waals surface area contributed by atoms with E-state index in [-0.39, 0.29) is 6.54 Å². The largest absolute Gasteiger partial charge is 0.497 e. The lowest BCUT2D eigenvalue weighted by Gasteiger charge is -2.32. The molecule has 1 unspecified atom stereocenters. The van der Waals surface area contributed by atoms with Gasteiger partial charge in [0.2, 0.25) is 5.91 Å². The van der Waals surface area contributed by atoms with E-state index in [1.54, 1.807) is 76.4 Å². The molecule has 0 saturated heterocycles. The lowest BCUT2D eigenvalue weighted by molar-refractivity contribution is -0.138. The Hall–Kier alpha value is -3.99. The number of unbranched alkanes of at least 4 members (excludes halogenated alkanes) is 2. The highest BCUT2D eigenvalue weighted by atomic mass is 16.6. The van der Waals surface area contributed by atoms with Gasteiger partial charge in [0.1, 0.15) is 23.9 Å². The molecule has 37 heavy (non-hydrogen) atoms. The van der Waals surface area contributed by atoms with Gasteiger partial charge in [0.15, 0.2) is 0 Å². The smallest absolute Gasteiger partial charge is 0.408 e. The van der Waals surface area contributed by atoms with Crippen molar-refractivity contribution in [1.29, 1.82) is 0 Å². The van der Waals surface area contributed by atoms with Crippen LogP contribution in [0.4, 0.5) is 10.5 Å². The second-order valence-corrected chi connectivity index (χ2v) is 9.50. The van der Waals surface area contributed by atoms with Crippen molar-refractivity contribution in [2.75, 3.05) is 25.5 Å². The van der Waals surface area contributed by atoms with Gasteiger partial charge in [0.25, 0.3) is 5.91 Å². The summed E-state index contributed by atoms with van der Waals surface area (Å²) in [6.45, 7) is 7.25. The van der Waals surface area contributed by atoms with Gasteiger partial charge < -0.3 is 25.0 Å². The van der Waals surface area contributed by atoms with Gasteiger partial charge >= 0.3 is 6.09 Å². The van der Waals surface area contributed by atoms with Gasteiger partial charge in [-0.25, -0.2) is 4.79 Å². The van der Waals surface area contributed by atoms with Crippen LogP contribution in [0.1, 0.15) is 64.1 Å². The first-order valence-corrected chi connectivity index (χ1v) is 12.4. The molecular weight excluding hydrogens is 470 g/mol. The van der Waals surface area contributed by atoms with Crippen molar-refractivity contribution in [2.24, 2.45) is 0 Å². The predicted octanol–water partition coefficient (Wildman–Crippen LogP) is 4.90. The molecule has 198 valence electrons. The minimum atomic E-state index is -1.01. The van der Waals surface area contributed by atoms with Crippen molar-refractivity contribution in [3.8, 4) is 18.1 Å². The normalized spacial score (nSPS) is 11.6. The molecule has 8 heteroatoms. The number of ether oxygens (including phenoxy) is 2. The van der Waals surface area contributed by atoms with Crippen LogP contribution in [0.15, 0.2) is 48.5 Å². The number of rotatable bonds is 11. The lowest BCUT2D eigenvalue weighted by atomic mass is 9.97. The van der Waals surface area contributed by atoms with E-state index in [9.17, 15) is 14.4 Å². The van der Waals surface area contributed by atoms with E-state index in [1.807, 2.05) is 0 Å². The lowest BCUT2D eigenvalue weighted by Crippen LogP contribution is -2.47. The molecule has 0 aliphatic rings. The number of methoxy groups -OCH3 is 1. The fourth-order valence-electron chi connectivity index (χ4n) is 3.70. The third-order valence-electron chi connectivity index (χ3n) is 5.43. The van der Waals surface area contributed by atoms with Gasteiger partial charge in [-0.15, -0.1) is 6.42 Å². The van der Waals surface area contributed by atoms with Gasteiger partial charge in [0.05, 0.1) is 7.11 Å². The first-order valence-electron chi connectivity index (χ1n) is 12.4. The first-order chi connectivity index (χ1) is 17.6. The van der Waals surface area contributed by atoms with Crippen molar-refractivity contribution in [2.45, 2.75) is 58.6 Å². The molecule has 2 N–H and O–H groups in total. The molecule has 2 rings (SSSR count). The van der Waals surface area contributed by atoms with Gasteiger partial charge in [0, 0.05) is 17.8 Å². The van der Waals surface area contributed by atoms with Crippen LogP contribution in [-0.2, 0) is 14.3 Å². The number of anilines is 1. The minimum absolute atomic E-state index is 0.308. The summed E-state index contributed by atoms with van der Waals surface area (Å²) < 4.78 is 10.4. The number of carbonyl (C=O) groups is 3. The Balaban J connectivity index is 2.41. The fourth-order valence-corrected chi connectivity index (χ4v) is 3.70. The quantitative estimate of drug-likeness (QED) is 0.333. The van der Waals surface area contributed by atoms with E-state index in [2.05, 4.69) is 23.5 Å². The number of amides is 3. The third-order valence-corrected chi connectivity index (χ3v) is 5.43. The van der Waals surface area contributed by atoms with Crippen LogP contribution in [0.3, 0.4) is 0 Å². The van der Waals surface area contributed by atoms with Crippen LogP contribution >= 0.6 is 0 Å². The number of alkyl carbamates (subject to hydrolysis) is 1. The Morgan fingerprint density at radius 1 is 1.05 bits per heavy atom. The number of carbonyl (C=O) groups excluding carboxylic acids is 3. The maximum absolute atomic E-state index is 13.7.